The molecule has 1 aromatic rings. The second-order valence-corrected chi connectivity index (χ2v) is 4.37. The molecule has 0 N–H and O–H groups in total. The predicted octanol–water partition coefficient (Wildman–Crippen LogP) is 3.15. The van der Waals surface area contributed by atoms with Crippen LogP contribution in [0.25, 0.3) is 0 Å². The van der Waals surface area contributed by atoms with Crippen molar-refractivity contribution in [1.29, 1.82) is 5.26 Å². The van der Waals surface area contributed by atoms with Crippen molar-refractivity contribution < 1.29 is 4.39 Å². The Bertz CT molecular complexity index is 420. The first-order valence-corrected chi connectivity index (χ1v) is 5.67. The van der Waals surface area contributed by atoms with Crippen LogP contribution in [0.3, 0.4) is 0 Å². The van der Waals surface area contributed by atoms with Gasteiger partial charge in [0.15, 0.2) is 0 Å². The van der Waals surface area contributed by atoms with E-state index in [2.05, 4.69) is 6.07 Å². The molecule has 16 heavy (non-hydrogen) atoms. The maximum Gasteiger partial charge on any atom is 0.103 e. The fourth-order valence-electron chi connectivity index (χ4n) is 1.95. The highest BCUT2D eigenvalue weighted by molar-refractivity contribution is 6.30. The first-order chi connectivity index (χ1) is 7.70. The van der Waals surface area contributed by atoms with E-state index in [0.717, 1.165) is 5.69 Å². The highest BCUT2D eigenvalue weighted by Crippen LogP contribution is 2.27. The van der Waals surface area contributed by atoms with Gasteiger partial charge in [-0.25, -0.2) is 4.39 Å². The van der Waals surface area contributed by atoms with Gasteiger partial charge >= 0.3 is 0 Å². The predicted molar refractivity (Wildman–Crippen MR) is 62.5 cm³/mol. The van der Waals surface area contributed by atoms with Gasteiger partial charge in [-0.1, -0.05) is 11.6 Å². The number of anilines is 1. The van der Waals surface area contributed by atoms with Gasteiger partial charge in [0, 0.05) is 18.1 Å². The Balaban J connectivity index is 2.26. The third-order valence-electron chi connectivity index (χ3n) is 2.85. The van der Waals surface area contributed by atoms with E-state index in [0.29, 0.717) is 36.5 Å². The van der Waals surface area contributed by atoms with E-state index in [1.54, 1.807) is 18.2 Å². The van der Waals surface area contributed by atoms with E-state index < -0.39 is 6.17 Å². The zero-order valence-electron chi connectivity index (χ0n) is 8.79. The summed E-state index contributed by atoms with van der Waals surface area (Å²) in [6, 6.07) is 7.32. The molecule has 1 aliphatic heterocycles. The van der Waals surface area contributed by atoms with Crippen molar-refractivity contribution in [3.05, 3.63) is 28.8 Å². The van der Waals surface area contributed by atoms with E-state index in [-0.39, 0.29) is 0 Å². The summed E-state index contributed by atoms with van der Waals surface area (Å²) in [7, 11) is 0. The number of rotatable bonds is 1. The van der Waals surface area contributed by atoms with Gasteiger partial charge in [-0.3, -0.25) is 0 Å². The molecule has 0 aromatic heterocycles. The molecule has 0 unspecified atom stereocenters. The third kappa shape index (κ3) is 2.28. The summed E-state index contributed by atoms with van der Waals surface area (Å²) in [6.45, 7) is 1.30. The summed E-state index contributed by atoms with van der Waals surface area (Å²) in [5.74, 6) is 0. The molecule has 1 saturated heterocycles. The molecular weight excluding hydrogens is 227 g/mol. The van der Waals surface area contributed by atoms with Crippen molar-refractivity contribution in [2.24, 2.45) is 0 Å². The normalized spacial score (nSPS) is 17.2. The first kappa shape index (κ1) is 11.2. The molecule has 0 aliphatic carbocycles. The average molecular weight is 239 g/mol. The zero-order valence-corrected chi connectivity index (χ0v) is 9.54. The highest BCUT2D eigenvalue weighted by Gasteiger charge is 2.20. The molecule has 1 aliphatic rings. The van der Waals surface area contributed by atoms with Crippen LogP contribution in [-0.2, 0) is 0 Å². The Labute approximate surface area is 99.2 Å². The molecule has 0 atom stereocenters. The van der Waals surface area contributed by atoms with Crippen molar-refractivity contribution in [3.8, 4) is 6.07 Å². The summed E-state index contributed by atoms with van der Waals surface area (Å²) in [6.07, 6.45) is 0.343. The van der Waals surface area contributed by atoms with Gasteiger partial charge in [0.25, 0.3) is 0 Å². The molecule has 1 heterocycles. The summed E-state index contributed by atoms with van der Waals surface area (Å²) in [5, 5.41) is 9.61. The molecule has 2 rings (SSSR count). The lowest BCUT2D eigenvalue weighted by Crippen LogP contribution is -2.34. The van der Waals surface area contributed by atoms with Gasteiger partial charge in [-0.15, -0.1) is 0 Å². The van der Waals surface area contributed by atoms with Crippen molar-refractivity contribution in [2.45, 2.75) is 19.0 Å². The number of nitriles is 1. The minimum Gasteiger partial charge on any atom is -0.370 e. The molecular formula is C12H12ClFN2. The van der Waals surface area contributed by atoms with Gasteiger partial charge in [-0.05, 0) is 31.0 Å². The first-order valence-electron chi connectivity index (χ1n) is 5.29. The van der Waals surface area contributed by atoms with E-state index in [1.165, 1.54) is 0 Å². The fourth-order valence-corrected chi connectivity index (χ4v) is 2.12. The largest absolute Gasteiger partial charge is 0.370 e. The second kappa shape index (κ2) is 4.71. The molecule has 0 spiro atoms. The number of hydrogen-bond donors (Lipinski definition) is 0. The van der Waals surface area contributed by atoms with Crippen LogP contribution in [0.15, 0.2) is 18.2 Å². The Morgan fingerprint density at radius 1 is 1.38 bits per heavy atom. The molecule has 0 bridgehead atoms. The maximum absolute atomic E-state index is 13.0. The van der Waals surface area contributed by atoms with Crippen LogP contribution in [0.2, 0.25) is 5.02 Å². The minimum absolute atomic E-state index is 0.525. The van der Waals surface area contributed by atoms with Crippen molar-refractivity contribution >= 4 is 17.3 Å². The van der Waals surface area contributed by atoms with Crippen LogP contribution in [0.5, 0.6) is 0 Å². The number of hydrogen-bond acceptors (Lipinski definition) is 2. The summed E-state index contributed by atoms with van der Waals surface area (Å²) in [5.41, 5.74) is 1.42. The second-order valence-electron chi connectivity index (χ2n) is 3.93. The molecule has 2 nitrogen and oxygen atoms in total. The van der Waals surface area contributed by atoms with Crippen molar-refractivity contribution in [1.82, 2.24) is 0 Å². The number of piperidine rings is 1. The lowest BCUT2D eigenvalue weighted by molar-refractivity contribution is 0.277. The van der Waals surface area contributed by atoms with Crippen molar-refractivity contribution in [2.75, 3.05) is 18.0 Å². The van der Waals surface area contributed by atoms with Gasteiger partial charge < -0.3 is 4.90 Å². The van der Waals surface area contributed by atoms with Crippen LogP contribution in [0.1, 0.15) is 18.4 Å². The SMILES string of the molecule is N#Cc1ccc(Cl)cc1N1CCC(F)CC1. The average Bonchev–Trinajstić information content (AvgIpc) is 2.30. The number of alkyl halides is 1. The molecule has 1 aromatic carbocycles. The molecule has 4 heteroatoms. The number of benzene rings is 1. The van der Waals surface area contributed by atoms with E-state index in [9.17, 15) is 4.39 Å². The summed E-state index contributed by atoms with van der Waals surface area (Å²) in [4.78, 5) is 2.03. The molecule has 0 saturated carbocycles. The quantitative estimate of drug-likeness (QED) is 0.752. The molecule has 0 amide bonds. The monoisotopic (exact) mass is 238 g/mol. The van der Waals surface area contributed by atoms with Gasteiger partial charge in [-0.2, -0.15) is 5.26 Å². The summed E-state index contributed by atoms with van der Waals surface area (Å²) < 4.78 is 13.0. The lowest BCUT2D eigenvalue weighted by Gasteiger charge is -2.31. The number of halogens is 2. The van der Waals surface area contributed by atoms with Crippen LogP contribution >= 0.6 is 11.6 Å². The minimum atomic E-state index is -0.707. The lowest BCUT2D eigenvalue weighted by atomic mass is 10.1. The van der Waals surface area contributed by atoms with Gasteiger partial charge in [0.2, 0.25) is 0 Å². The fraction of sp³-hybridized carbons (Fsp3) is 0.417. The smallest absolute Gasteiger partial charge is 0.103 e. The molecule has 1 fully saturated rings. The highest BCUT2D eigenvalue weighted by atomic mass is 35.5. The Morgan fingerprint density at radius 2 is 2.06 bits per heavy atom. The van der Waals surface area contributed by atoms with E-state index in [1.807, 2.05) is 4.90 Å². The third-order valence-corrected chi connectivity index (χ3v) is 3.08. The van der Waals surface area contributed by atoms with Crippen molar-refractivity contribution in [3.63, 3.8) is 0 Å². The maximum atomic E-state index is 13.0. The van der Waals surface area contributed by atoms with Crippen LogP contribution in [0, 0.1) is 11.3 Å². The Morgan fingerprint density at radius 3 is 2.69 bits per heavy atom. The van der Waals surface area contributed by atoms with Crippen LogP contribution in [-0.4, -0.2) is 19.3 Å². The van der Waals surface area contributed by atoms with Crippen LogP contribution in [0.4, 0.5) is 10.1 Å². The van der Waals surface area contributed by atoms with Gasteiger partial charge in [0.1, 0.15) is 12.2 Å². The molecule has 0 radical (unpaired) electrons. The van der Waals surface area contributed by atoms with E-state index >= 15 is 0 Å². The standard InChI is InChI=1S/C12H12ClFN2/c13-10-2-1-9(8-15)12(7-10)16-5-3-11(14)4-6-16/h1-2,7,11H,3-6H2. The zero-order chi connectivity index (χ0) is 11.5. The Hall–Kier alpha value is -1.27. The summed E-state index contributed by atoms with van der Waals surface area (Å²) >= 11 is 5.91. The van der Waals surface area contributed by atoms with Crippen LogP contribution < -0.4 is 4.90 Å². The van der Waals surface area contributed by atoms with E-state index in [4.69, 9.17) is 16.9 Å². The number of nitrogens with zero attached hydrogens (tertiary/aromatic N) is 2. The molecule has 84 valence electrons. The topological polar surface area (TPSA) is 27.0 Å². The van der Waals surface area contributed by atoms with Gasteiger partial charge in [0.05, 0.1) is 11.3 Å². The Kier molecular flexibility index (Phi) is 3.31.